The van der Waals surface area contributed by atoms with Crippen LogP contribution in [0.25, 0.3) is 22.2 Å². The van der Waals surface area contributed by atoms with Crippen LogP contribution in [0.5, 0.6) is 17.4 Å². The number of hydrogen-bond acceptors (Lipinski definition) is 7. The van der Waals surface area contributed by atoms with Crippen LogP contribution in [0.1, 0.15) is 11.1 Å². The monoisotopic (exact) mass is 362 g/mol. The predicted octanol–water partition coefficient (Wildman–Crippen LogP) is 3.12. The van der Waals surface area contributed by atoms with E-state index in [0.29, 0.717) is 27.9 Å². The first-order chi connectivity index (χ1) is 12.9. The summed E-state index contributed by atoms with van der Waals surface area (Å²) in [7, 11) is 1.83. The maximum Gasteiger partial charge on any atom is 0.233 e. The number of ether oxygens (including phenoxy) is 1. The van der Waals surface area contributed by atoms with E-state index in [2.05, 4.69) is 20.1 Å². The zero-order chi connectivity index (χ0) is 19.1. The summed E-state index contributed by atoms with van der Waals surface area (Å²) in [5, 5.41) is 14.8. The highest BCUT2D eigenvalue weighted by atomic mass is 16.5. The minimum absolute atomic E-state index is 0.146. The summed E-state index contributed by atoms with van der Waals surface area (Å²) in [5.41, 5.74) is 9.64. The van der Waals surface area contributed by atoms with E-state index in [0.717, 1.165) is 11.1 Å². The Morgan fingerprint density at radius 2 is 2.00 bits per heavy atom. The topological polar surface area (TPSA) is 112 Å². The Morgan fingerprint density at radius 1 is 1.19 bits per heavy atom. The van der Waals surface area contributed by atoms with Crippen LogP contribution in [-0.4, -0.2) is 29.8 Å². The average Bonchev–Trinajstić information content (AvgIpc) is 3.08. The van der Waals surface area contributed by atoms with Crippen molar-refractivity contribution in [3.8, 4) is 28.6 Å². The highest BCUT2D eigenvalue weighted by molar-refractivity contribution is 5.94. The summed E-state index contributed by atoms with van der Waals surface area (Å²) in [5.74, 6) is 1.22. The van der Waals surface area contributed by atoms with E-state index in [9.17, 15) is 5.11 Å². The van der Waals surface area contributed by atoms with Crippen molar-refractivity contribution >= 4 is 16.7 Å². The highest BCUT2D eigenvalue weighted by Gasteiger charge is 2.17. The Balaban J connectivity index is 1.95. The smallest absolute Gasteiger partial charge is 0.233 e. The molecular weight excluding hydrogens is 344 g/mol. The zero-order valence-corrected chi connectivity index (χ0v) is 15.1. The number of rotatable bonds is 3. The van der Waals surface area contributed by atoms with Gasteiger partial charge in [-0.3, -0.25) is 4.68 Å². The van der Waals surface area contributed by atoms with Gasteiger partial charge in [-0.15, -0.1) is 0 Å². The minimum Gasteiger partial charge on any atom is -0.508 e. The molecule has 1 aromatic carbocycles. The number of nitrogens with two attached hydrogens (primary N) is 1. The van der Waals surface area contributed by atoms with Crippen molar-refractivity contribution in [2.75, 3.05) is 5.73 Å². The van der Waals surface area contributed by atoms with Crippen molar-refractivity contribution in [2.24, 2.45) is 7.05 Å². The van der Waals surface area contributed by atoms with Gasteiger partial charge < -0.3 is 15.6 Å². The Labute approximate surface area is 155 Å². The summed E-state index contributed by atoms with van der Waals surface area (Å²) < 4.78 is 7.82. The van der Waals surface area contributed by atoms with Crippen LogP contribution in [0.3, 0.4) is 0 Å². The lowest BCUT2D eigenvalue weighted by Gasteiger charge is -2.15. The summed E-state index contributed by atoms with van der Waals surface area (Å²) >= 11 is 0. The second kappa shape index (κ2) is 6.24. The number of phenols is 1. The maximum atomic E-state index is 10.0. The highest BCUT2D eigenvalue weighted by Crippen LogP contribution is 2.38. The van der Waals surface area contributed by atoms with E-state index >= 15 is 0 Å². The average molecular weight is 362 g/mol. The van der Waals surface area contributed by atoms with Crippen LogP contribution in [0.4, 0.5) is 5.82 Å². The standard InChI is InChI=1S/C19H18N6O2/c1-10-4-5-15(26)11(2)17(10)27-19-16-14(21-9-22-18(16)20)6-13(24-19)12-7-23-25(3)8-12/h4-9,26H,1-3H3,(H2,20,21,22). The number of phenolic OH excluding ortho intramolecular Hbond substituents is 1. The fourth-order valence-electron chi connectivity index (χ4n) is 2.91. The second-order valence-corrected chi connectivity index (χ2v) is 6.33. The number of nitrogen functional groups attached to an aromatic ring is 1. The molecule has 136 valence electrons. The molecule has 8 heteroatoms. The molecule has 0 saturated carbocycles. The third kappa shape index (κ3) is 2.91. The van der Waals surface area contributed by atoms with Gasteiger partial charge in [0.05, 0.1) is 17.4 Å². The summed E-state index contributed by atoms with van der Waals surface area (Å²) in [6.45, 7) is 3.68. The van der Waals surface area contributed by atoms with Crippen molar-refractivity contribution < 1.29 is 9.84 Å². The predicted molar refractivity (Wildman–Crippen MR) is 102 cm³/mol. The lowest BCUT2D eigenvalue weighted by atomic mass is 10.1. The van der Waals surface area contributed by atoms with Crippen molar-refractivity contribution in [1.82, 2.24) is 24.7 Å². The quantitative estimate of drug-likeness (QED) is 0.576. The zero-order valence-electron chi connectivity index (χ0n) is 15.1. The molecule has 3 N–H and O–H groups in total. The molecule has 4 aromatic rings. The fraction of sp³-hybridized carbons (Fsp3) is 0.158. The molecule has 27 heavy (non-hydrogen) atoms. The van der Waals surface area contributed by atoms with Crippen LogP contribution in [-0.2, 0) is 7.05 Å². The third-order valence-corrected chi connectivity index (χ3v) is 4.39. The van der Waals surface area contributed by atoms with Crippen molar-refractivity contribution in [2.45, 2.75) is 13.8 Å². The van der Waals surface area contributed by atoms with Crippen LogP contribution >= 0.6 is 0 Å². The molecule has 0 amide bonds. The van der Waals surface area contributed by atoms with Gasteiger partial charge in [0.1, 0.15) is 29.0 Å². The lowest BCUT2D eigenvalue weighted by Crippen LogP contribution is -2.00. The lowest BCUT2D eigenvalue weighted by molar-refractivity contribution is 0.440. The summed E-state index contributed by atoms with van der Waals surface area (Å²) in [6, 6.07) is 5.23. The van der Waals surface area contributed by atoms with Gasteiger partial charge in [0.2, 0.25) is 5.88 Å². The first-order valence-corrected chi connectivity index (χ1v) is 8.31. The van der Waals surface area contributed by atoms with E-state index < -0.39 is 0 Å². The molecule has 0 spiro atoms. The largest absolute Gasteiger partial charge is 0.508 e. The minimum atomic E-state index is 0.146. The van der Waals surface area contributed by atoms with E-state index in [1.54, 1.807) is 29.9 Å². The Morgan fingerprint density at radius 3 is 2.74 bits per heavy atom. The van der Waals surface area contributed by atoms with Crippen LogP contribution in [0.15, 0.2) is 36.9 Å². The van der Waals surface area contributed by atoms with Crippen LogP contribution in [0.2, 0.25) is 0 Å². The number of nitrogens with zero attached hydrogens (tertiary/aromatic N) is 5. The first kappa shape index (κ1) is 16.8. The summed E-state index contributed by atoms with van der Waals surface area (Å²) in [6.07, 6.45) is 4.97. The number of fused-ring (bicyclic) bond motifs is 1. The van der Waals surface area contributed by atoms with Crippen molar-refractivity contribution in [3.05, 3.63) is 48.0 Å². The molecule has 0 radical (unpaired) electrons. The number of aryl methyl sites for hydroxylation is 2. The molecule has 0 saturated heterocycles. The number of hydrogen-bond donors (Lipinski definition) is 2. The number of anilines is 1. The molecule has 0 unspecified atom stereocenters. The van der Waals surface area contributed by atoms with E-state index in [-0.39, 0.29) is 17.4 Å². The third-order valence-electron chi connectivity index (χ3n) is 4.39. The van der Waals surface area contributed by atoms with E-state index in [1.807, 2.05) is 26.2 Å². The SMILES string of the molecule is Cc1ccc(O)c(C)c1Oc1nc(-c2cnn(C)c2)cc2ncnc(N)c12. The van der Waals surface area contributed by atoms with Gasteiger partial charge in [0, 0.05) is 24.4 Å². The van der Waals surface area contributed by atoms with Gasteiger partial charge in [-0.1, -0.05) is 6.07 Å². The van der Waals surface area contributed by atoms with Gasteiger partial charge in [0.25, 0.3) is 0 Å². The van der Waals surface area contributed by atoms with Crippen molar-refractivity contribution in [1.29, 1.82) is 0 Å². The Hall–Kier alpha value is -3.68. The number of benzene rings is 1. The van der Waals surface area contributed by atoms with E-state index in [1.165, 1.54) is 6.33 Å². The summed E-state index contributed by atoms with van der Waals surface area (Å²) in [4.78, 5) is 13.0. The second-order valence-electron chi connectivity index (χ2n) is 6.33. The Kier molecular flexibility index (Phi) is 3.88. The molecule has 0 aliphatic rings. The number of aromatic nitrogens is 5. The molecule has 4 rings (SSSR count). The van der Waals surface area contributed by atoms with Gasteiger partial charge in [0.15, 0.2) is 0 Å². The molecule has 8 nitrogen and oxygen atoms in total. The molecule has 0 bridgehead atoms. The van der Waals surface area contributed by atoms with Crippen molar-refractivity contribution in [3.63, 3.8) is 0 Å². The first-order valence-electron chi connectivity index (χ1n) is 8.31. The maximum absolute atomic E-state index is 10.0. The molecule has 3 heterocycles. The molecule has 0 atom stereocenters. The molecular formula is C19H18N6O2. The molecule has 0 aliphatic heterocycles. The molecule has 3 aromatic heterocycles. The number of pyridine rings is 1. The van der Waals surface area contributed by atoms with Gasteiger partial charge in [-0.2, -0.15) is 5.10 Å². The van der Waals surface area contributed by atoms with Crippen LogP contribution in [0, 0.1) is 13.8 Å². The number of aromatic hydroxyl groups is 1. The van der Waals surface area contributed by atoms with Crippen LogP contribution < -0.4 is 10.5 Å². The normalized spacial score (nSPS) is 11.1. The van der Waals surface area contributed by atoms with Gasteiger partial charge in [-0.05, 0) is 31.5 Å². The molecule has 0 fully saturated rings. The van der Waals surface area contributed by atoms with Gasteiger partial charge in [-0.25, -0.2) is 15.0 Å². The van der Waals surface area contributed by atoms with Gasteiger partial charge >= 0.3 is 0 Å². The fourth-order valence-corrected chi connectivity index (χ4v) is 2.91. The molecule has 0 aliphatic carbocycles. The Bertz CT molecular complexity index is 1170. The van der Waals surface area contributed by atoms with E-state index in [4.69, 9.17) is 10.5 Å².